The molecule has 0 bridgehead atoms. The van der Waals surface area contributed by atoms with Crippen LogP contribution in [0.5, 0.6) is 0 Å². The number of nitrogens with one attached hydrogen (secondary N) is 2. The first kappa shape index (κ1) is 17.0. The Labute approximate surface area is 151 Å². The van der Waals surface area contributed by atoms with E-state index in [0.29, 0.717) is 12.2 Å². The molecule has 126 valence electrons. The Bertz CT molecular complexity index is 785. The largest absolute Gasteiger partial charge is 0.337 e. The first-order valence-corrected chi connectivity index (χ1v) is 8.37. The van der Waals surface area contributed by atoms with Gasteiger partial charge in [-0.25, -0.2) is 9.78 Å². The molecule has 2 amide bonds. The number of carbonyl (C=O) groups is 1. The minimum atomic E-state index is -0.313. The van der Waals surface area contributed by atoms with Gasteiger partial charge in [0.1, 0.15) is 0 Å². The lowest BCUT2D eigenvalue weighted by Crippen LogP contribution is -2.32. The maximum absolute atomic E-state index is 12.2. The van der Waals surface area contributed by atoms with E-state index in [1.807, 2.05) is 36.4 Å². The lowest BCUT2D eigenvalue weighted by molar-refractivity contribution is 0.252. The minimum Gasteiger partial charge on any atom is -0.337 e. The summed E-state index contributed by atoms with van der Waals surface area (Å²) in [6, 6.07) is 23.3. The van der Waals surface area contributed by atoms with Crippen LogP contribution >= 0.6 is 11.6 Å². The molecule has 3 aromatic rings. The molecule has 0 aliphatic carbocycles. The van der Waals surface area contributed by atoms with Gasteiger partial charge in [-0.1, -0.05) is 72.3 Å². The van der Waals surface area contributed by atoms with Crippen LogP contribution < -0.4 is 10.6 Å². The Morgan fingerprint density at radius 2 is 1.52 bits per heavy atom. The zero-order valence-electron chi connectivity index (χ0n) is 13.5. The lowest BCUT2D eigenvalue weighted by atomic mass is 9.91. The van der Waals surface area contributed by atoms with Crippen molar-refractivity contribution in [2.24, 2.45) is 0 Å². The zero-order valence-corrected chi connectivity index (χ0v) is 14.3. The highest BCUT2D eigenvalue weighted by Gasteiger charge is 2.15. The van der Waals surface area contributed by atoms with Crippen molar-refractivity contribution in [3.8, 4) is 0 Å². The maximum atomic E-state index is 12.2. The van der Waals surface area contributed by atoms with Gasteiger partial charge in [-0.15, -0.1) is 0 Å². The van der Waals surface area contributed by atoms with Crippen LogP contribution in [0, 0.1) is 0 Å². The SMILES string of the molecule is O=C(NCC(c1ccccc1)c1ccccc1)Nc1cccnc1Cl. The van der Waals surface area contributed by atoms with Crippen LogP contribution in [0.2, 0.25) is 5.15 Å². The van der Waals surface area contributed by atoms with Gasteiger partial charge in [0.25, 0.3) is 0 Å². The van der Waals surface area contributed by atoms with Crippen molar-refractivity contribution < 1.29 is 4.79 Å². The van der Waals surface area contributed by atoms with E-state index in [0.717, 1.165) is 11.1 Å². The third-order valence-electron chi connectivity index (χ3n) is 3.88. The first-order chi connectivity index (χ1) is 12.2. The molecule has 3 rings (SSSR count). The van der Waals surface area contributed by atoms with E-state index in [-0.39, 0.29) is 17.1 Å². The number of carbonyl (C=O) groups excluding carboxylic acids is 1. The summed E-state index contributed by atoms with van der Waals surface area (Å²) in [6.07, 6.45) is 1.58. The Morgan fingerprint density at radius 1 is 0.920 bits per heavy atom. The van der Waals surface area contributed by atoms with Crippen molar-refractivity contribution in [2.45, 2.75) is 5.92 Å². The molecule has 5 heteroatoms. The summed E-state index contributed by atoms with van der Waals surface area (Å²) in [5, 5.41) is 5.91. The number of amides is 2. The highest BCUT2D eigenvalue weighted by Crippen LogP contribution is 2.24. The molecule has 0 aliphatic heterocycles. The molecule has 1 heterocycles. The predicted molar refractivity (Wildman–Crippen MR) is 101 cm³/mol. The molecule has 0 spiro atoms. The lowest BCUT2D eigenvalue weighted by Gasteiger charge is -2.19. The Hall–Kier alpha value is -2.85. The van der Waals surface area contributed by atoms with Gasteiger partial charge in [-0.05, 0) is 23.3 Å². The van der Waals surface area contributed by atoms with Crippen LogP contribution in [0.3, 0.4) is 0 Å². The van der Waals surface area contributed by atoms with Gasteiger partial charge < -0.3 is 10.6 Å². The summed E-state index contributed by atoms with van der Waals surface area (Å²) in [6.45, 7) is 0.470. The molecule has 25 heavy (non-hydrogen) atoms. The van der Waals surface area contributed by atoms with Gasteiger partial charge in [-0.3, -0.25) is 0 Å². The van der Waals surface area contributed by atoms with Gasteiger partial charge in [0, 0.05) is 18.7 Å². The molecule has 0 aliphatic rings. The molecule has 1 aromatic heterocycles. The Kier molecular flexibility index (Phi) is 5.65. The fraction of sp³-hybridized carbons (Fsp3) is 0.100. The number of hydrogen-bond donors (Lipinski definition) is 2. The fourth-order valence-corrected chi connectivity index (χ4v) is 2.81. The summed E-state index contributed by atoms with van der Waals surface area (Å²) in [4.78, 5) is 16.2. The summed E-state index contributed by atoms with van der Waals surface area (Å²) < 4.78 is 0. The van der Waals surface area contributed by atoms with E-state index in [4.69, 9.17) is 11.6 Å². The molecule has 0 saturated carbocycles. The van der Waals surface area contributed by atoms with E-state index in [1.54, 1.807) is 18.3 Å². The van der Waals surface area contributed by atoms with Gasteiger partial charge in [-0.2, -0.15) is 0 Å². The molecule has 0 fully saturated rings. The second kappa shape index (κ2) is 8.31. The van der Waals surface area contributed by atoms with Crippen molar-refractivity contribution in [1.29, 1.82) is 0 Å². The third-order valence-corrected chi connectivity index (χ3v) is 4.18. The zero-order chi connectivity index (χ0) is 17.5. The second-order valence-electron chi connectivity index (χ2n) is 5.55. The van der Waals surface area contributed by atoms with Crippen molar-refractivity contribution >= 4 is 23.3 Å². The Morgan fingerprint density at radius 3 is 2.08 bits per heavy atom. The number of pyridine rings is 1. The van der Waals surface area contributed by atoms with Crippen molar-refractivity contribution in [3.63, 3.8) is 0 Å². The van der Waals surface area contributed by atoms with E-state index >= 15 is 0 Å². The highest BCUT2D eigenvalue weighted by molar-refractivity contribution is 6.32. The molecule has 2 N–H and O–H groups in total. The first-order valence-electron chi connectivity index (χ1n) is 7.99. The summed E-state index contributed by atoms with van der Waals surface area (Å²) >= 11 is 5.97. The summed E-state index contributed by atoms with van der Waals surface area (Å²) in [7, 11) is 0. The monoisotopic (exact) mass is 351 g/mol. The number of urea groups is 1. The number of nitrogens with zero attached hydrogens (tertiary/aromatic N) is 1. The molecule has 0 atom stereocenters. The normalized spacial score (nSPS) is 10.5. The van der Waals surface area contributed by atoms with Crippen LogP contribution in [-0.2, 0) is 0 Å². The number of halogens is 1. The third kappa shape index (κ3) is 4.58. The molecule has 2 aromatic carbocycles. The number of aromatic nitrogens is 1. The van der Waals surface area contributed by atoms with Crippen molar-refractivity contribution in [1.82, 2.24) is 10.3 Å². The van der Waals surface area contributed by atoms with Gasteiger partial charge in [0.2, 0.25) is 0 Å². The second-order valence-corrected chi connectivity index (χ2v) is 5.91. The maximum Gasteiger partial charge on any atom is 0.319 e. The average molecular weight is 352 g/mol. The number of rotatable bonds is 5. The van der Waals surface area contributed by atoms with E-state index in [9.17, 15) is 4.79 Å². The van der Waals surface area contributed by atoms with Gasteiger partial charge >= 0.3 is 6.03 Å². The quantitative estimate of drug-likeness (QED) is 0.655. The van der Waals surface area contributed by atoms with Crippen LogP contribution in [0.1, 0.15) is 17.0 Å². The summed E-state index contributed by atoms with van der Waals surface area (Å²) in [5.74, 6) is 0.0671. The van der Waals surface area contributed by atoms with E-state index in [2.05, 4.69) is 39.9 Å². The van der Waals surface area contributed by atoms with Crippen molar-refractivity contribution in [3.05, 3.63) is 95.3 Å². The predicted octanol–water partition coefficient (Wildman–Crippen LogP) is 4.69. The van der Waals surface area contributed by atoms with E-state index < -0.39 is 0 Å². The van der Waals surface area contributed by atoms with Crippen LogP contribution in [0.25, 0.3) is 0 Å². The minimum absolute atomic E-state index is 0.0671. The molecular formula is C20H18ClN3O. The van der Waals surface area contributed by atoms with Crippen LogP contribution in [0.4, 0.5) is 10.5 Å². The molecule has 4 nitrogen and oxygen atoms in total. The molecule has 0 unspecified atom stereocenters. The number of anilines is 1. The molecular weight excluding hydrogens is 334 g/mol. The van der Waals surface area contributed by atoms with E-state index in [1.165, 1.54) is 0 Å². The average Bonchev–Trinajstić information content (AvgIpc) is 2.66. The van der Waals surface area contributed by atoms with Gasteiger partial charge in [0.05, 0.1) is 5.69 Å². The van der Waals surface area contributed by atoms with Crippen LogP contribution in [-0.4, -0.2) is 17.6 Å². The topological polar surface area (TPSA) is 54.0 Å². The molecule has 0 radical (unpaired) electrons. The standard InChI is InChI=1S/C20H18ClN3O/c21-19-18(12-7-13-22-19)24-20(25)23-14-17(15-8-3-1-4-9-15)16-10-5-2-6-11-16/h1-13,17H,14H2,(H2,23,24,25). The van der Waals surface area contributed by atoms with Crippen molar-refractivity contribution in [2.75, 3.05) is 11.9 Å². The molecule has 0 saturated heterocycles. The fourth-order valence-electron chi connectivity index (χ4n) is 2.64. The van der Waals surface area contributed by atoms with Crippen LogP contribution in [0.15, 0.2) is 79.0 Å². The van der Waals surface area contributed by atoms with Gasteiger partial charge in [0.15, 0.2) is 5.15 Å². The highest BCUT2D eigenvalue weighted by atomic mass is 35.5. The smallest absolute Gasteiger partial charge is 0.319 e. The number of hydrogen-bond acceptors (Lipinski definition) is 2. The summed E-state index contributed by atoms with van der Waals surface area (Å²) in [5.41, 5.74) is 2.78. The Balaban J connectivity index is 1.71. The number of benzene rings is 2.